The van der Waals surface area contributed by atoms with Gasteiger partial charge in [0, 0.05) is 25.7 Å². The zero-order chi connectivity index (χ0) is 12.8. The van der Waals surface area contributed by atoms with Crippen LogP contribution in [-0.2, 0) is 4.79 Å². The van der Waals surface area contributed by atoms with Gasteiger partial charge in [-0.1, -0.05) is 6.42 Å². The van der Waals surface area contributed by atoms with Crippen molar-refractivity contribution in [2.24, 2.45) is 23.7 Å². The molecule has 4 fully saturated rings. The number of nitrogens with zero attached hydrogens (tertiary/aromatic N) is 1. The Balaban J connectivity index is 0.00000121. The lowest BCUT2D eigenvalue weighted by Gasteiger charge is -2.35. The Morgan fingerprint density at radius 1 is 1.15 bits per heavy atom. The molecule has 2 aliphatic carbocycles. The minimum atomic E-state index is 0. The van der Waals surface area contributed by atoms with Crippen molar-refractivity contribution in [3.05, 3.63) is 0 Å². The monoisotopic (exact) mass is 298 g/mol. The molecule has 4 aliphatic rings. The molecule has 4 atom stereocenters. The highest BCUT2D eigenvalue weighted by atomic mass is 35.5. The number of fused-ring (bicyclic) bond motifs is 2. The average Bonchev–Trinajstić information content (AvgIpc) is 3.01. The van der Waals surface area contributed by atoms with Gasteiger partial charge in [-0.3, -0.25) is 4.79 Å². The Bertz CT molecular complexity index is 371. The molecular formula is C16H27ClN2O. The lowest BCUT2D eigenvalue weighted by atomic mass is 9.83. The van der Waals surface area contributed by atoms with Crippen LogP contribution in [0.1, 0.15) is 44.9 Å². The summed E-state index contributed by atoms with van der Waals surface area (Å²) in [7, 11) is 0. The fourth-order valence-electron chi connectivity index (χ4n) is 5.08. The van der Waals surface area contributed by atoms with Gasteiger partial charge in [0.15, 0.2) is 0 Å². The van der Waals surface area contributed by atoms with Gasteiger partial charge >= 0.3 is 0 Å². The molecule has 1 N–H and O–H groups in total. The number of amides is 1. The number of hydrogen-bond acceptors (Lipinski definition) is 2. The Kier molecular flexibility index (Phi) is 4.28. The molecule has 1 amide bonds. The summed E-state index contributed by atoms with van der Waals surface area (Å²) in [4.78, 5) is 14.7. The first-order chi connectivity index (χ1) is 9.31. The number of hydrogen-bond donors (Lipinski definition) is 1. The van der Waals surface area contributed by atoms with Crippen molar-refractivity contribution in [3.63, 3.8) is 0 Å². The van der Waals surface area contributed by atoms with Crippen LogP contribution in [0.4, 0.5) is 0 Å². The van der Waals surface area contributed by atoms with Gasteiger partial charge in [-0.15, -0.1) is 12.4 Å². The fourth-order valence-corrected chi connectivity index (χ4v) is 5.08. The zero-order valence-corrected chi connectivity index (χ0v) is 13.0. The first-order valence-electron chi connectivity index (χ1n) is 8.32. The first-order valence-corrected chi connectivity index (χ1v) is 8.32. The predicted octanol–water partition coefficient (Wildman–Crippen LogP) is 2.44. The van der Waals surface area contributed by atoms with E-state index in [4.69, 9.17) is 0 Å². The van der Waals surface area contributed by atoms with Crippen molar-refractivity contribution in [3.8, 4) is 0 Å². The quantitative estimate of drug-likeness (QED) is 0.868. The topological polar surface area (TPSA) is 32.3 Å². The molecule has 2 heterocycles. The molecule has 4 heteroatoms. The molecule has 2 bridgehead atoms. The molecule has 2 saturated carbocycles. The van der Waals surface area contributed by atoms with Gasteiger partial charge < -0.3 is 10.2 Å². The molecule has 114 valence electrons. The number of likely N-dealkylation sites (tertiary alicyclic amines) is 1. The maximum atomic E-state index is 12.5. The Hall–Kier alpha value is -0.280. The Morgan fingerprint density at radius 3 is 2.60 bits per heavy atom. The van der Waals surface area contributed by atoms with Gasteiger partial charge in [-0.25, -0.2) is 0 Å². The zero-order valence-electron chi connectivity index (χ0n) is 12.2. The van der Waals surface area contributed by atoms with Crippen molar-refractivity contribution < 1.29 is 4.79 Å². The van der Waals surface area contributed by atoms with Gasteiger partial charge in [-0.05, 0) is 56.3 Å². The highest BCUT2D eigenvalue weighted by molar-refractivity contribution is 5.85. The summed E-state index contributed by atoms with van der Waals surface area (Å²) >= 11 is 0. The summed E-state index contributed by atoms with van der Waals surface area (Å²) in [6, 6.07) is 0.581. The van der Waals surface area contributed by atoms with Crippen LogP contribution in [0.5, 0.6) is 0 Å². The third kappa shape index (κ3) is 2.48. The predicted molar refractivity (Wildman–Crippen MR) is 81.9 cm³/mol. The van der Waals surface area contributed by atoms with E-state index >= 15 is 0 Å². The average molecular weight is 299 g/mol. The van der Waals surface area contributed by atoms with Crippen LogP contribution in [0.3, 0.4) is 0 Å². The van der Waals surface area contributed by atoms with Crippen LogP contribution in [0, 0.1) is 23.7 Å². The summed E-state index contributed by atoms with van der Waals surface area (Å²) in [6.45, 7) is 2.85. The van der Waals surface area contributed by atoms with Gasteiger partial charge in [0.1, 0.15) is 0 Å². The molecule has 0 radical (unpaired) electrons. The third-order valence-electron chi connectivity index (χ3n) is 6.25. The van der Waals surface area contributed by atoms with Crippen molar-refractivity contribution in [2.45, 2.75) is 51.0 Å². The van der Waals surface area contributed by atoms with E-state index in [-0.39, 0.29) is 12.4 Å². The number of rotatable bonds is 3. The number of nitrogens with one attached hydrogen (secondary N) is 1. The van der Waals surface area contributed by atoms with Crippen LogP contribution < -0.4 is 5.32 Å². The van der Waals surface area contributed by atoms with Crippen molar-refractivity contribution in [2.75, 3.05) is 19.6 Å². The highest BCUT2D eigenvalue weighted by Gasteiger charge is 2.43. The smallest absolute Gasteiger partial charge is 0.228 e. The van der Waals surface area contributed by atoms with E-state index in [9.17, 15) is 4.79 Å². The van der Waals surface area contributed by atoms with Gasteiger partial charge in [-0.2, -0.15) is 0 Å². The molecule has 0 spiro atoms. The molecule has 2 aliphatic heterocycles. The van der Waals surface area contributed by atoms with Crippen LogP contribution in [0.15, 0.2) is 0 Å². The van der Waals surface area contributed by atoms with E-state index in [1.165, 1.54) is 44.9 Å². The lowest BCUT2D eigenvalue weighted by molar-refractivity contribution is -0.138. The van der Waals surface area contributed by atoms with Gasteiger partial charge in [0.25, 0.3) is 0 Å². The van der Waals surface area contributed by atoms with Crippen LogP contribution in [0.25, 0.3) is 0 Å². The second-order valence-corrected chi connectivity index (χ2v) is 7.35. The summed E-state index contributed by atoms with van der Waals surface area (Å²) < 4.78 is 0. The summed E-state index contributed by atoms with van der Waals surface area (Å²) in [5, 5.41) is 3.23. The van der Waals surface area contributed by atoms with Crippen LogP contribution in [0.2, 0.25) is 0 Å². The van der Waals surface area contributed by atoms with Crippen LogP contribution in [-0.4, -0.2) is 36.5 Å². The van der Waals surface area contributed by atoms with E-state index in [1.807, 2.05) is 0 Å². The van der Waals surface area contributed by atoms with E-state index in [1.54, 1.807) is 0 Å². The van der Waals surface area contributed by atoms with Gasteiger partial charge in [0.05, 0.1) is 5.92 Å². The van der Waals surface area contributed by atoms with E-state index in [0.29, 0.717) is 17.9 Å². The largest absolute Gasteiger partial charge is 0.339 e. The second kappa shape index (κ2) is 5.84. The molecule has 2 saturated heterocycles. The molecule has 4 rings (SSSR count). The highest BCUT2D eigenvalue weighted by Crippen LogP contribution is 2.50. The number of carbonyl (C=O) groups excluding carboxylic acids is 1. The maximum absolute atomic E-state index is 12.5. The maximum Gasteiger partial charge on any atom is 0.228 e. The molecular weight excluding hydrogens is 272 g/mol. The van der Waals surface area contributed by atoms with Crippen LogP contribution >= 0.6 is 12.4 Å². The van der Waals surface area contributed by atoms with Crippen molar-refractivity contribution >= 4 is 18.3 Å². The molecule has 3 nitrogen and oxygen atoms in total. The van der Waals surface area contributed by atoms with E-state index in [2.05, 4.69) is 10.2 Å². The van der Waals surface area contributed by atoms with Crippen molar-refractivity contribution in [1.29, 1.82) is 0 Å². The number of carbonyl (C=O) groups is 1. The van der Waals surface area contributed by atoms with Crippen molar-refractivity contribution in [1.82, 2.24) is 10.2 Å². The summed E-state index contributed by atoms with van der Waals surface area (Å²) in [6.07, 6.45) is 9.74. The normalized spacial score (nSPS) is 39.7. The summed E-state index contributed by atoms with van der Waals surface area (Å²) in [5.74, 6) is 3.73. The fraction of sp³-hybridized carbons (Fsp3) is 0.938. The molecule has 4 unspecified atom stereocenters. The minimum absolute atomic E-state index is 0. The summed E-state index contributed by atoms with van der Waals surface area (Å²) in [5.41, 5.74) is 0. The SMILES string of the molecule is Cl.O=C(C1CNC1)N1CCCC1CC1CC2CCC1C2. The Labute approximate surface area is 128 Å². The Morgan fingerprint density at radius 2 is 2.00 bits per heavy atom. The standard InChI is InChI=1S/C16H26N2O.ClH/c19-16(14-9-17-10-14)18-5-1-2-15(18)8-13-7-11-3-4-12(13)6-11;/h11-15,17H,1-10H2;1H. The molecule has 0 aromatic carbocycles. The minimum Gasteiger partial charge on any atom is -0.339 e. The molecule has 0 aromatic heterocycles. The second-order valence-electron chi connectivity index (χ2n) is 7.35. The first kappa shape index (κ1) is 14.6. The lowest BCUT2D eigenvalue weighted by Crippen LogP contribution is -2.53. The third-order valence-corrected chi connectivity index (χ3v) is 6.25. The number of halogens is 1. The van der Waals surface area contributed by atoms with E-state index < -0.39 is 0 Å². The van der Waals surface area contributed by atoms with E-state index in [0.717, 1.165) is 37.4 Å². The molecule has 0 aromatic rings. The molecule has 20 heavy (non-hydrogen) atoms. The van der Waals surface area contributed by atoms with Gasteiger partial charge in [0.2, 0.25) is 5.91 Å².